The van der Waals surface area contributed by atoms with Crippen LogP contribution in [0.2, 0.25) is 0 Å². The van der Waals surface area contributed by atoms with Gasteiger partial charge in [0.05, 0.1) is 0 Å². The Bertz CT molecular complexity index is 891. The Balaban J connectivity index is 2.09. The molecule has 0 unspecified atom stereocenters. The van der Waals surface area contributed by atoms with Gasteiger partial charge < -0.3 is 4.74 Å². The maximum Gasteiger partial charge on any atom is 0.273 e. The Morgan fingerprint density at radius 2 is 2.10 bits per heavy atom. The van der Waals surface area contributed by atoms with Crippen LogP contribution in [0.3, 0.4) is 0 Å². The van der Waals surface area contributed by atoms with Crippen molar-refractivity contribution in [3.63, 3.8) is 0 Å². The molecule has 0 aliphatic heterocycles. The summed E-state index contributed by atoms with van der Waals surface area (Å²) in [4.78, 5) is 11.6. The summed E-state index contributed by atoms with van der Waals surface area (Å²) in [5, 5.41) is 3.40. The molecule has 4 nitrogen and oxygen atoms in total. The largest absolute Gasteiger partial charge is 0.487 e. The standard InChI is InChI=1S/C16H13ClN2O2/c1-19-15-12(14(18-19)16(17)20)8-5-9-13(15)21-10-11-6-3-2-4-7-11/h2-9H,10H2,1H3/i1D3. The molecule has 3 rings (SSSR count). The van der Waals surface area contributed by atoms with E-state index >= 15 is 0 Å². The second kappa shape index (κ2) is 5.58. The highest BCUT2D eigenvalue weighted by atomic mass is 35.5. The molecule has 0 atom stereocenters. The van der Waals surface area contributed by atoms with Crippen LogP contribution in [0.1, 0.15) is 20.2 Å². The predicted molar refractivity (Wildman–Crippen MR) is 81.7 cm³/mol. The first-order valence-electron chi connectivity index (χ1n) is 7.76. The summed E-state index contributed by atoms with van der Waals surface area (Å²) in [7, 11) is 0. The van der Waals surface area contributed by atoms with Crippen LogP contribution < -0.4 is 4.74 Å². The van der Waals surface area contributed by atoms with Crippen molar-refractivity contribution in [3.8, 4) is 5.75 Å². The SMILES string of the molecule is [2H]C([2H])([2H])n1nc(C(=O)Cl)c2cccc(OCc3ccccc3)c21. The number of carbonyl (C=O) groups excluding carboxylic acids is 1. The number of halogens is 1. The third-order valence-electron chi connectivity index (χ3n) is 3.09. The van der Waals surface area contributed by atoms with E-state index in [9.17, 15) is 4.79 Å². The minimum absolute atomic E-state index is 0.104. The van der Waals surface area contributed by atoms with Crippen LogP contribution in [0.25, 0.3) is 10.9 Å². The molecule has 0 bridgehead atoms. The Hall–Kier alpha value is -2.33. The first-order valence-corrected chi connectivity index (χ1v) is 6.64. The van der Waals surface area contributed by atoms with Crippen LogP contribution in [0.5, 0.6) is 5.75 Å². The Kier molecular flexibility index (Phi) is 2.76. The smallest absolute Gasteiger partial charge is 0.273 e. The molecule has 0 N–H and O–H groups in total. The number of nitrogens with zero attached hydrogens (tertiary/aromatic N) is 2. The van der Waals surface area contributed by atoms with E-state index < -0.39 is 12.2 Å². The van der Waals surface area contributed by atoms with Crippen molar-refractivity contribution in [3.05, 3.63) is 59.8 Å². The molecule has 0 aliphatic rings. The number of aromatic nitrogens is 2. The summed E-state index contributed by atoms with van der Waals surface area (Å²) in [6, 6.07) is 14.4. The number of fused-ring (bicyclic) bond motifs is 1. The van der Waals surface area contributed by atoms with Gasteiger partial charge in [-0.15, -0.1) is 0 Å². The summed E-state index contributed by atoms with van der Waals surface area (Å²) in [5.74, 6) is 0.323. The lowest BCUT2D eigenvalue weighted by molar-refractivity contribution is 0.107. The van der Waals surface area contributed by atoms with Gasteiger partial charge >= 0.3 is 0 Å². The van der Waals surface area contributed by atoms with Crippen LogP contribution in [0.4, 0.5) is 0 Å². The molecule has 1 aromatic heterocycles. The third kappa shape index (κ3) is 2.62. The number of benzene rings is 2. The highest BCUT2D eigenvalue weighted by Gasteiger charge is 2.17. The van der Waals surface area contributed by atoms with Crippen LogP contribution in [-0.4, -0.2) is 15.0 Å². The van der Waals surface area contributed by atoms with Crippen LogP contribution >= 0.6 is 11.6 Å². The topological polar surface area (TPSA) is 44.1 Å². The average molecular weight is 304 g/mol. The molecule has 0 aliphatic carbocycles. The summed E-state index contributed by atoms with van der Waals surface area (Å²) in [6.45, 7) is -2.30. The summed E-state index contributed by atoms with van der Waals surface area (Å²) in [5.41, 5.74) is 1.05. The van der Waals surface area contributed by atoms with Crippen molar-refractivity contribution in [2.75, 3.05) is 0 Å². The van der Waals surface area contributed by atoms with Gasteiger partial charge in [0.15, 0.2) is 5.69 Å². The predicted octanol–water partition coefficient (Wildman–Crippen LogP) is 3.53. The molecule has 0 saturated heterocycles. The van der Waals surface area contributed by atoms with Crippen molar-refractivity contribution < 1.29 is 13.6 Å². The van der Waals surface area contributed by atoms with Crippen LogP contribution in [-0.2, 0) is 13.6 Å². The Labute approximate surface area is 131 Å². The van der Waals surface area contributed by atoms with Gasteiger partial charge in [0.2, 0.25) is 0 Å². The van der Waals surface area contributed by atoms with Crippen LogP contribution in [0.15, 0.2) is 48.5 Å². The van der Waals surface area contributed by atoms with Gasteiger partial charge in [-0.25, -0.2) is 0 Å². The zero-order chi connectivity index (χ0) is 17.3. The second-order valence-corrected chi connectivity index (χ2v) is 4.80. The number of para-hydroxylation sites is 1. The van der Waals surface area contributed by atoms with Gasteiger partial charge in [-0.05, 0) is 23.2 Å². The monoisotopic (exact) mass is 303 g/mol. The fraction of sp³-hybridized carbons (Fsp3) is 0.125. The van der Waals surface area contributed by atoms with E-state index in [1.54, 1.807) is 18.2 Å². The number of aryl methyl sites for hydroxylation is 1. The summed E-state index contributed by atoms with van der Waals surface area (Å²) >= 11 is 5.53. The van der Waals surface area contributed by atoms with Crippen molar-refractivity contribution in [2.45, 2.75) is 6.61 Å². The third-order valence-corrected chi connectivity index (χ3v) is 3.27. The van der Waals surface area contributed by atoms with Gasteiger partial charge in [-0.3, -0.25) is 9.48 Å². The zero-order valence-corrected chi connectivity index (χ0v) is 11.7. The van der Waals surface area contributed by atoms with E-state index in [1.807, 2.05) is 30.3 Å². The van der Waals surface area contributed by atoms with E-state index in [2.05, 4.69) is 5.10 Å². The van der Waals surface area contributed by atoms with E-state index in [0.717, 1.165) is 10.2 Å². The Morgan fingerprint density at radius 1 is 1.29 bits per heavy atom. The molecule has 0 radical (unpaired) electrons. The van der Waals surface area contributed by atoms with Crippen molar-refractivity contribution >= 4 is 27.7 Å². The first kappa shape index (κ1) is 10.4. The lowest BCUT2D eigenvalue weighted by Crippen LogP contribution is -1.98. The molecule has 0 amide bonds. The second-order valence-electron chi connectivity index (χ2n) is 4.46. The molecule has 0 spiro atoms. The molecule has 2 aromatic carbocycles. The molecular formula is C16H13ClN2O2. The first-order chi connectivity index (χ1) is 11.4. The quantitative estimate of drug-likeness (QED) is 0.693. The van der Waals surface area contributed by atoms with E-state index in [0.29, 0.717) is 11.1 Å². The zero-order valence-electron chi connectivity index (χ0n) is 13.9. The van der Waals surface area contributed by atoms with Crippen LogP contribution in [0, 0.1) is 0 Å². The maximum atomic E-state index is 11.6. The Morgan fingerprint density at radius 3 is 2.81 bits per heavy atom. The summed E-state index contributed by atoms with van der Waals surface area (Å²) in [6.07, 6.45) is 0. The minimum Gasteiger partial charge on any atom is -0.487 e. The highest BCUT2D eigenvalue weighted by Crippen LogP contribution is 2.28. The molecular weight excluding hydrogens is 288 g/mol. The van der Waals surface area contributed by atoms with Crippen molar-refractivity contribution in [1.82, 2.24) is 9.78 Å². The van der Waals surface area contributed by atoms with Crippen molar-refractivity contribution in [2.24, 2.45) is 6.98 Å². The number of rotatable bonds is 4. The highest BCUT2D eigenvalue weighted by molar-refractivity contribution is 6.68. The minimum atomic E-state index is -2.56. The number of carbonyl (C=O) groups is 1. The fourth-order valence-corrected chi connectivity index (χ4v) is 2.27. The lowest BCUT2D eigenvalue weighted by atomic mass is 10.2. The van der Waals surface area contributed by atoms with Gasteiger partial charge in [0.1, 0.15) is 17.9 Å². The molecule has 0 fully saturated rings. The lowest BCUT2D eigenvalue weighted by Gasteiger charge is -2.08. The van der Waals surface area contributed by atoms with Gasteiger partial charge in [-0.1, -0.05) is 42.5 Å². The van der Waals surface area contributed by atoms with E-state index in [1.165, 1.54) is 0 Å². The molecule has 1 heterocycles. The average Bonchev–Trinajstić information content (AvgIpc) is 2.94. The summed E-state index contributed by atoms with van der Waals surface area (Å²) < 4.78 is 29.5. The number of ether oxygens (including phenoxy) is 1. The number of hydrogen-bond acceptors (Lipinski definition) is 3. The normalized spacial score (nSPS) is 13.5. The molecule has 106 valence electrons. The van der Waals surface area contributed by atoms with Gasteiger partial charge in [-0.2, -0.15) is 5.10 Å². The van der Waals surface area contributed by atoms with Crippen molar-refractivity contribution in [1.29, 1.82) is 0 Å². The molecule has 0 saturated carbocycles. The van der Waals surface area contributed by atoms with E-state index in [-0.39, 0.29) is 17.8 Å². The molecule has 3 aromatic rings. The molecule has 5 heteroatoms. The molecule has 21 heavy (non-hydrogen) atoms. The van der Waals surface area contributed by atoms with E-state index in [4.69, 9.17) is 20.5 Å². The van der Waals surface area contributed by atoms with Gasteiger partial charge in [0, 0.05) is 16.5 Å². The number of hydrogen-bond donors (Lipinski definition) is 0. The maximum absolute atomic E-state index is 11.6. The van der Waals surface area contributed by atoms with Gasteiger partial charge in [0.25, 0.3) is 5.24 Å². The fourth-order valence-electron chi connectivity index (χ4n) is 2.13.